The van der Waals surface area contributed by atoms with E-state index in [4.69, 9.17) is 4.18 Å². The van der Waals surface area contributed by atoms with Crippen LogP contribution in [-0.2, 0) is 10.1 Å². The summed E-state index contributed by atoms with van der Waals surface area (Å²) in [6, 6.07) is 16.0. The van der Waals surface area contributed by atoms with Crippen molar-refractivity contribution in [2.75, 3.05) is 0 Å². The van der Waals surface area contributed by atoms with E-state index < -0.39 is 23.5 Å². The molecular weight excluding hydrogens is 588 g/mol. The van der Waals surface area contributed by atoms with Crippen LogP contribution in [0.5, 0.6) is 5.75 Å². The van der Waals surface area contributed by atoms with Crippen LogP contribution < -0.4 is 20.1 Å². The topological polar surface area (TPSA) is 43.4 Å². The normalized spacial score (nSPS) is 12.2. The molecule has 4 aromatic rings. The van der Waals surface area contributed by atoms with E-state index >= 15 is 0 Å². The highest BCUT2D eigenvalue weighted by atomic mass is 32.2. The molecule has 0 N–H and O–H groups in total. The van der Waals surface area contributed by atoms with E-state index in [1.54, 1.807) is 6.92 Å². The SMILES string of the molecule is Cc1cc(OS(=O)(=O)C(F)(F)F)c(-c2c(P(c3c(C)cccc3C)c3c(C)cccc3C)cc(C)c(C)c2C)c(C)c1C. The molecule has 8 heteroatoms. The van der Waals surface area contributed by atoms with Gasteiger partial charge in [-0.25, -0.2) is 0 Å². The molecule has 4 rings (SSSR count). The molecule has 0 aliphatic rings. The Balaban J connectivity index is 2.26. The Labute approximate surface area is 255 Å². The Hall–Kier alpha value is -3.15. The maximum absolute atomic E-state index is 13.6. The van der Waals surface area contributed by atoms with Crippen molar-refractivity contribution < 1.29 is 25.8 Å². The van der Waals surface area contributed by atoms with Gasteiger partial charge in [0.25, 0.3) is 0 Å². The van der Waals surface area contributed by atoms with Gasteiger partial charge in [0.15, 0.2) is 5.75 Å². The zero-order valence-corrected chi connectivity index (χ0v) is 28.0. The first-order chi connectivity index (χ1) is 19.9. The molecule has 0 fully saturated rings. The van der Waals surface area contributed by atoms with Crippen LogP contribution in [0.3, 0.4) is 0 Å². The highest BCUT2D eigenvalue weighted by Gasteiger charge is 2.49. The van der Waals surface area contributed by atoms with Gasteiger partial charge >= 0.3 is 15.6 Å². The molecular formula is C35H38F3O3PS. The van der Waals surface area contributed by atoms with Crippen LogP contribution in [0.2, 0.25) is 0 Å². The zero-order chi connectivity index (χ0) is 32.2. The molecule has 0 aliphatic heterocycles. The van der Waals surface area contributed by atoms with Gasteiger partial charge in [-0.1, -0.05) is 42.5 Å². The number of alkyl halides is 3. The summed E-state index contributed by atoms with van der Waals surface area (Å²) in [4.78, 5) is 0. The van der Waals surface area contributed by atoms with Crippen molar-refractivity contribution in [3.8, 4) is 16.9 Å². The van der Waals surface area contributed by atoms with Gasteiger partial charge < -0.3 is 4.18 Å². The van der Waals surface area contributed by atoms with Gasteiger partial charge in [-0.15, -0.1) is 0 Å². The number of hydrogen-bond donors (Lipinski definition) is 0. The summed E-state index contributed by atoms with van der Waals surface area (Å²) in [7, 11) is -7.16. The highest BCUT2D eigenvalue weighted by molar-refractivity contribution is 7.88. The lowest BCUT2D eigenvalue weighted by Gasteiger charge is -2.31. The van der Waals surface area contributed by atoms with E-state index in [0.717, 1.165) is 49.8 Å². The second-order valence-electron chi connectivity index (χ2n) is 11.5. The summed E-state index contributed by atoms with van der Waals surface area (Å²) in [5, 5.41) is 3.29. The first-order valence-electron chi connectivity index (χ1n) is 14.0. The smallest absolute Gasteiger partial charge is 0.375 e. The van der Waals surface area contributed by atoms with Gasteiger partial charge in [-0.05, 0) is 160 Å². The van der Waals surface area contributed by atoms with Gasteiger partial charge in [-0.2, -0.15) is 21.6 Å². The highest BCUT2D eigenvalue weighted by Crippen LogP contribution is 2.47. The predicted molar refractivity (Wildman–Crippen MR) is 174 cm³/mol. The molecule has 0 heterocycles. The second kappa shape index (κ2) is 11.7. The molecule has 0 amide bonds. The van der Waals surface area contributed by atoms with E-state index in [0.29, 0.717) is 22.3 Å². The first-order valence-corrected chi connectivity index (χ1v) is 16.8. The molecule has 0 saturated heterocycles. The van der Waals surface area contributed by atoms with Crippen molar-refractivity contribution >= 4 is 34.0 Å². The summed E-state index contributed by atoms with van der Waals surface area (Å²) in [5.74, 6) is -0.316. The third-order valence-electron chi connectivity index (χ3n) is 8.56. The molecule has 43 heavy (non-hydrogen) atoms. The Morgan fingerprint density at radius 1 is 0.581 bits per heavy atom. The Kier molecular flexibility index (Phi) is 8.94. The summed E-state index contributed by atoms with van der Waals surface area (Å²) < 4.78 is 70.8. The lowest BCUT2D eigenvalue weighted by atomic mass is 9.88. The van der Waals surface area contributed by atoms with Crippen molar-refractivity contribution in [1.29, 1.82) is 0 Å². The maximum Gasteiger partial charge on any atom is 0.534 e. The van der Waals surface area contributed by atoms with Crippen LogP contribution >= 0.6 is 7.92 Å². The van der Waals surface area contributed by atoms with Crippen LogP contribution in [-0.4, -0.2) is 13.9 Å². The molecule has 0 unspecified atom stereocenters. The van der Waals surface area contributed by atoms with Crippen LogP contribution in [0.15, 0.2) is 48.5 Å². The number of aryl methyl sites for hydroxylation is 6. The predicted octanol–water partition coefficient (Wildman–Crippen LogP) is 8.42. The molecule has 228 valence electrons. The minimum absolute atomic E-state index is 0.316. The number of halogens is 3. The van der Waals surface area contributed by atoms with Crippen molar-refractivity contribution in [3.05, 3.63) is 104 Å². The lowest BCUT2D eigenvalue weighted by Crippen LogP contribution is -2.30. The summed E-state index contributed by atoms with van der Waals surface area (Å²) in [6.45, 7) is 19.8. The molecule has 0 saturated carbocycles. The van der Waals surface area contributed by atoms with E-state index in [9.17, 15) is 21.6 Å². The van der Waals surface area contributed by atoms with Crippen molar-refractivity contribution in [2.45, 2.75) is 74.7 Å². The molecule has 0 spiro atoms. The zero-order valence-electron chi connectivity index (χ0n) is 26.3. The Bertz CT molecular complexity index is 1770. The molecule has 0 radical (unpaired) electrons. The van der Waals surface area contributed by atoms with Gasteiger partial charge in [0.05, 0.1) is 0 Å². The molecule has 3 nitrogen and oxygen atoms in total. The minimum Gasteiger partial charge on any atom is -0.375 e. The average molecular weight is 627 g/mol. The van der Waals surface area contributed by atoms with Gasteiger partial charge in [0.2, 0.25) is 0 Å². The summed E-state index contributed by atoms with van der Waals surface area (Å²) >= 11 is 0. The van der Waals surface area contributed by atoms with E-state index in [-0.39, 0.29) is 5.75 Å². The molecule has 4 aromatic carbocycles. The second-order valence-corrected chi connectivity index (χ2v) is 15.0. The number of benzene rings is 4. The molecule has 0 atom stereocenters. The molecule has 0 bridgehead atoms. The fourth-order valence-corrected chi connectivity index (χ4v) is 9.51. The fraction of sp³-hybridized carbons (Fsp3) is 0.314. The standard InChI is InChI=1S/C35H38F3O3PS/c1-19-13-11-14-20(2)33(19)42(34-21(3)15-12-16-22(34)4)30-18-24(6)26(8)28(10)32(30)31-27(9)25(7)23(5)17-29(31)41-43(39,40)35(36,37)38/h11-18H,1-10H3. The fourth-order valence-electron chi connectivity index (χ4n) is 5.81. The largest absolute Gasteiger partial charge is 0.534 e. The number of rotatable bonds is 6. The maximum atomic E-state index is 13.6. The molecule has 0 aromatic heterocycles. The lowest BCUT2D eigenvalue weighted by molar-refractivity contribution is -0.0499. The van der Waals surface area contributed by atoms with Crippen LogP contribution in [0.1, 0.15) is 55.6 Å². The minimum atomic E-state index is -5.92. The van der Waals surface area contributed by atoms with Crippen molar-refractivity contribution in [1.82, 2.24) is 0 Å². The van der Waals surface area contributed by atoms with E-state index in [1.165, 1.54) is 16.7 Å². The van der Waals surface area contributed by atoms with Crippen molar-refractivity contribution in [2.24, 2.45) is 0 Å². The van der Waals surface area contributed by atoms with E-state index in [1.807, 2.05) is 46.8 Å². The van der Waals surface area contributed by atoms with Crippen LogP contribution in [0, 0.1) is 69.2 Å². The van der Waals surface area contributed by atoms with E-state index in [2.05, 4.69) is 58.0 Å². The third-order valence-corrected chi connectivity index (χ3v) is 12.7. The molecule has 0 aliphatic carbocycles. The first kappa shape index (κ1) is 32.8. The van der Waals surface area contributed by atoms with Gasteiger partial charge in [-0.3, -0.25) is 0 Å². The quantitative estimate of drug-likeness (QED) is 0.123. The third kappa shape index (κ3) is 5.86. The summed E-state index contributed by atoms with van der Waals surface area (Å²) in [5.41, 5.74) is 5.07. The Morgan fingerprint density at radius 2 is 0.977 bits per heavy atom. The number of hydrogen-bond acceptors (Lipinski definition) is 3. The summed E-state index contributed by atoms with van der Waals surface area (Å²) in [6.07, 6.45) is 0. The van der Waals surface area contributed by atoms with Crippen molar-refractivity contribution in [3.63, 3.8) is 0 Å². The van der Waals surface area contributed by atoms with Gasteiger partial charge in [0, 0.05) is 5.56 Å². The van der Waals surface area contributed by atoms with Crippen LogP contribution in [0.4, 0.5) is 13.2 Å². The average Bonchev–Trinajstić information content (AvgIpc) is 2.89. The van der Waals surface area contributed by atoms with Gasteiger partial charge in [0.1, 0.15) is 0 Å². The Morgan fingerprint density at radius 3 is 1.40 bits per heavy atom. The monoisotopic (exact) mass is 626 g/mol. The van der Waals surface area contributed by atoms with Crippen LogP contribution in [0.25, 0.3) is 11.1 Å².